The van der Waals surface area contributed by atoms with Crippen LogP contribution in [0.15, 0.2) is 29.1 Å². The van der Waals surface area contributed by atoms with Gasteiger partial charge in [0.15, 0.2) is 11.6 Å². The lowest BCUT2D eigenvalue weighted by Gasteiger charge is -2.23. The summed E-state index contributed by atoms with van der Waals surface area (Å²) in [5.41, 5.74) is -1.34. The molecule has 2 rings (SSSR count). The van der Waals surface area contributed by atoms with Gasteiger partial charge in [0, 0.05) is 25.7 Å². The van der Waals surface area contributed by atoms with Crippen molar-refractivity contribution in [2.45, 2.75) is 31.7 Å². The van der Waals surface area contributed by atoms with Gasteiger partial charge in [-0.15, -0.1) is 13.2 Å². The highest BCUT2D eigenvalue weighted by atomic mass is 19.4. The molecule has 12 heteroatoms. The number of rotatable bonds is 9. The largest absolute Gasteiger partial charge is 0.573 e. The van der Waals surface area contributed by atoms with Gasteiger partial charge in [-0.3, -0.25) is 9.59 Å². The molecule has 0 saturated heterocycles. The number of aromatic amines is 1. The first-order valence-corrected chi connectivity index (χ1v) is 9.32. The van der Waals surface area contributed by atoms with E-state index in [4.69, 9.17) is 9.47 Å². The van der Waals surface area contributed by atoms with Crippen molar-refractivity contribution in [1.29, 1.82) is 0 Å². The molecule has 0 bridgehead atoms. The van der Waals surface area contributed by atoms with E-state index in [9.17, 15) is 27.2 Å². The van der Waals surface area contributed by atoms with E-state index in [0.29, 0.717) is 0 Å². The van der Waals surface area contributed by atoms with Crippen LogP contribution in [0, 0.1) is 5.82 Å². The van der Waals surface area contributed by atoms with Crippen molar-refractivity contribution in [2.24, 2.45) is 0 Å². The van der Waals surface area contributed by atoms with E-state index in [-0.39, 0.29) is 30.3 Å². The number of nitrogens with zero attached hydrogens (tertiary/aromatic N) is 1. The quantitative estimate of drug-likeness (QED) is 0.557. The molecule has 2 N–H and O–H groups in total. The van der Waals surface area contributed by atoms with Gasteiger partial charge < -0.3 is 24.5 Å². The van der Waals surface area contributed by atoms with Crippen LogP contribution in [0.1, 0.15) is 41.8 Å². The lowest BCUT2D eigenvalue weighted by Crippen LogP contribution is -2.35. The average molecular weight is 461 g/mol. The zero-order valence-electron chi connectivity index (χ0n) is 17.8. The van der Waals surface area contributed by atoms with Crippen molar-refractivity contribution in [3.63, 3.8) is 0 Å². The van der Waals surface area contributed by atoms with Crippen molar-refractivity contribution >= 4 is 5.91 Å². The minimum atomic E-state index is -5.05. The molecule has 0 radical (unpaired) electrons. The number of H-pyrrole nitrogens is 1. The van der Waals surface area contributed by atoms with Crippen LogP contribution in [0.2, 0.25) is 0 Å². The fraction of sp³-hybridized carbons (Fsp3) is 0.450. The van der Waals surface area contributed by atoms with Gasteiger partial charge in [-0.25, -0.2) is 9.37 Å². The number of hydrogen-bond donors (Lipinski definition) is 2. The SMILES string of the molecule is COC[C@@H](NC(=O)c1cc(=O)[nH]c(C(C)(C)COC)n1)c1ccc(OC(F)(F)F)c(F)c1. The van der Waals surface area contributed by atoms with E-state index in [1.807, 2.05) is 0 Å². The number of nitrogens with one attached hydrogen (secondary N) is 2. The Morgan fingerprint density at radius 1 is 1.19 bits per heavy atom. The van der Waals surface area contributed by atoms with Crippen molar-refractivity contribution in [3.8, 4) is 5.75 Å². The monoisotopic (exact) mass is 461 g/mol. The molecule has 1 aromatic carbocycles. The molecule has 1 atom stereocenters. The van der Waals surface area contributed by atoms with Gasteiger partial charge in [-0.1, -0.05) is 19.9 Å². The van der Waals surface area contributed by atoms with E-state index in [1.165, 1.54) is 14.2 Å². The van der Waals surface area contributed by atoms with Crippen molar-refractivity contribution < 1.29 is 36.6 Å². The summed E-state index contributed by atoms with van der Waals surface area (Å²) in [6.45, 7) is 3.61. The maximum atomic E-state index is 14.1. The summed E-state index contributed by atoms with van der Waals surface area (Å²) in [4.78, 5) is 31.6. The lowest BCUT2D eigenvalue weighted by atomic mass is 9.93. The highest BCUT2D eigenvalue weighted by Gasteiger charge is 2.32. The third kappa shape index (κ3) is 6.76. The van der Waals surface area contributed by atoms with Gasteiger partial charge in [0.25, 0.3) is 11.5 Å². The first-order chi connectivity index (χ1) is 14.9. The second-order valence-electron chi connectivity index (χ2n) is 7.52. The molecule has 1 heterocycles. The molecule has 8 nitrogen and oxygen atoms in total. The Bertz CT molecular complexity index is 1010. The van der Waals surface area contributed by atoms with E-state index in [0.717, 1.165) is 24.3 Å². The number of aromatic nitrogens is 2. The van der Waals surface area contributed by atoms with Crippen LogP contribution < -0.4 is 15.6 Å². The maximum absolute atomic E-state index is 14.1. The Morgan fingerprint density at radius 2 is 1.88 bits per heavy atom. The van der Waals surface area contributed by atoms with Crippen LogP contribution >= 0.6 is 0 Å². The number of carbonyl (C=O) groups excluding carboxylic acids is 1. The Morgan fingerprint density at radius 3 is 2.44 bits per heavy atom. The van der Waals surface area contributed by atoms with Gasteiger partial charge in [0.05, 0.1) is 19.3 Å². The zero-order valence-corrected chi connectivity index (χ0v) is 17.8. The van der Waals surface area contributed by atoms with E-state index in [2.05, 4.69) is 20.0 Å². The summed E-state index contributed by atoms with van der Waals surface area (Å²) in [7, 11) is 2.81. The standard InChI is InChI=1S/C20H23F4N3O5/c1-19(2,10-31-4)18-26-13(8-16(28)27-18)17(29)25-14(9-30-3)11-5-6-15(12(21)7-11)32-20(22,23)24/h5-8,14H,9-10H2,1-4H3,(H,25,29)(H,26,27,28)/t14-/m1/s1. The lowest BCUT2D eigenvalue weighted by molar-refractivity contribution is -0.275. The summed E-state index contributed by atoms with van der Waals surface area (Å²) >= 11 is 0. The molecule has 0 spiro atoms. The summed E-state index contributed by atoms with van der Waals surface area (Å²) in [5, 5.41) is 2.54. The number of methoxy groups -OCH3 is 2. The predicted molar refractivity (Wildman–Crippen MR) is 105 cm³/mol. The van der Waals surface area contributed by atoms with E-state index < -0.39 is 40.9 Å². The number of ether oxygens (including phenoxy) is 3. The fourth-order valence-electron chi connectivity index (χ4n) is 2.89. The summed E-state index contributed by atoms with van der Waals surface area (Å²) < 4.78 is 64.9. The molecule has 0 saturated carbocycles. The minimum Gasteiger partial charge on any atom is -0.403 e. The minimum absolute atomic E-state index is 0.122. The number of alkyl halides is 3. The van der Waals surface area contributed by atoms with Crippen molar-refractivity contribution in [2.75, 3.05) is 27.4 Å². The number of halogens is 4. The van der Waals surface area contributed by atoms with Gasteiger partial charge in [-0.05, 0) is 17.7 Å². The second kappa shape index (κ2) is 10.1. The predicted octanol–water partition coefficient (Wildman–Crippen LogP) is 2.85. The molecule has 0 aliphatic rings. The molecular weight excluding hydrogens is 438 g/mol. The Kier molecular flexibility index (Phi) is 7.97. The summed E-state index contributed by atoms with van der Waals surface area (Å²) in [6.07, 6.45) is -5.05. The van der Waals surface area contributed by atoms with E-state index >= 15 is 0 Å². The third-order valence-corrected chi connectivity index (χ3v) is 4.34. The summed E-state index contributed by atoms with van der Waals surface area (Å²) in [6, 6.07) is 2.80. The molecular formula is C20H23F4N3O5. The molecule has 1 amide bonds. The Labute approximate surface area is 180 Å². The van der Waals surface area contributed by atoms with Crippen LogP contribution in [0.4, 0.5) is 17.6 Å². The molecule has 2 aromatic rings. The Hall–Kier alpha value is -2.99. The number of carbonyl (C=O) groups is 1. The van der Waals surface area contributed by atoms with Gasteiger partial charge >= 0.3 is 6.36 Å². The zero-order chi connectivity index (χ0) is 24.1. The molecule has 0 fully saturated rings. The summed E-state index contributed by atoms with van der Waals surface area (Å²) in [5.74, 6) is -2.82. The molecule has 176 valence electrons. The molecule has 1 aromatic heterocycles. The highest BCUT2D eigenvalue weighted by Crippen LogP contribution is 2.28. The van der Waals surface area contributed by atoms with Crippen LogP contribution in [0.5, 0.6) is 5.75 Å². The molecule has 32 heavy (non-hydrogen) atoms. The van der Waals surface area contributed by atoms with Crippen LogP contribution in [0.3, 0.4) is 0 Å². The average Bonchev–Trinajstić information content (AvgIpc) is 2.67. The smallest absolute Gasteiger partial charge is 0.403 e. The van der Waals surface area contributed by atoms with Crippen molar-refractivity contribution in [1.82, 2.24) is 15.3 Å². The number of benzene rings is 1. The maximum Gasteiger partial charge on any atom is 0.573 e. The second-order valence-corrected chi connectivity index (χ2v) is 7.52. The first-order valence-electron chi connectivity index (χ1n) is 9.32. The first kappa shape index (κ1) is 25.3. The van der Waals surface area contributed by atoms with Crippen molar-refractivity contribution in [3.05, 3.63) is 57.5 Å². The number of hydrogen-bond acceptors (Lipinski definition) is 6. The molecule has 0 aliphatic heterocycles. The topological polar surface area (TPSA) is 103 Å². The van der Waals surface area contributed by atoms with Gasteiger partial charge in [-0.2, -0.15) is 0 Å². The van der Waals surface area contributed by atoms with E-state index in [1.54, 1.807) is 13.8 Å². The third-order valence-electron chi connectivity index (χ3n) is 4.34. The molecule has 0 aliphatic carbocycles. The van der Waals surface area contributed by atoms with Crippen LogP contribution in [-0.4, -0.2) is 49.7 Å². The number of amides is 1. The normalized spacial score (nSPS) is 13.0. The fourth-order valence-corrected chi connectivity index (χ4v) is 2.89. The Balaban J connectivity index is 2.30. The van der Waals surface area contributed by atoms with Gasteiger partial charge in [0.2, 0.25) is 0 Å². The molecule has 0 unspecified atom stereocenters. The van der Waals surface area contributed by atoms with Crippen LogP contribution in [0.25, 0.3) is 0 Å². The van der Waals surface area contributed by atoms with Gasteiger partial charge in [0.1, 0.15) is 11.5 Å². The highest BCUT2D eigenvalue weighted by molar-refractivity contribution is 5.92. The van der Waals surface area contributed by atoms with Crippen LogP contribution in [-0.2, 0) is 14.9 Å².